The molecule has 2 atom stereocenters. The predicted molar refractivity (Wildman–Crippen MR) is 66.1 cm³/mol. The van der Waals surface area contributed by atoms with Gasteiger partial charge < -0.3 is 14.2 Å². The van der Waals surface area contributed by atoms with Crippen molar-refractivity contribution < 1.29 is 14.2 Å². The van der Waals surface area contributed by atoms with Crippen LogP contribution in [0.25, 0.3) is 0 Å². The maximum absolute atomic E-state index is 5.94. The van der Waals surface area contributed by atoms with Gasteiger partial charge in [-0.1, -0.05) is 12.1 Å². The summed E-state index contributed by atoms with van der Waals surface area (Å²) in [6.45, 7) is 6.28. The van der Waals surface area contributed by atoms with Gasteiger partial charge >= 0.3 is 0 Å². The van der Waals surface area contributed by atoms with E-state index in [0.29, 0.717) is 0 Å². The number of hydrogen-bond acceptors (Lipinski definition) is 3. The largest absolute Gasteiger partial charge is 0.497 e. The lowest BCUT2D eigenvalue weighted by Gasteiger charge is -2.39. The molecule has 0 aliphatic carbocycles. The molecule has 0 N–H and O–H groups in total. The Morgan fingerprint density at radius 3 is 2.41 bits per heavy atom. The number of hydrogen-bond donors (Lipinski definition) is 0. The number of rotatable bonds is 2. The molecule has 0 unspecified atom stereocenters. The minimum Gasteiger partial charge on any atom is -0.497 e. The van der Waals surface area contributed by atoms with Gasteiger partial charge in [0.15, 0.2) is 6.29 Å². The zero-order valence-corrected chi connectivity index (χ0v) is 10.9. The van der Waals surface area contributed by atoms with E-state index in [1.807, 2.05) is 24.3 Å². The highest BCUT2D eigenvalue weighted by molar-refractivity contribution is 5.28. The fourth-order valence-corrected chi connectivity index (χ4v) is 2.22. The molecule has 1 aromatic carbocycles. The van der Waals surface area contributed by atoms with Crippen LogP contribution < -0.4 is 4.74 Å². The number of ether oxygens (including phenoxy) is 3. The summed E-state index contributed by atoms with van der Waals surface area (Å²) in [4.78, 5) is 0. The highest BCUT2D eigenvalue weighted by Gasteiger charge is 2.34. The van der Waals surface area contributed by atoms with Gasteiger partial charge in [-0.05, 0) is 32.9 Å². The second-order valence-corrected chi connectivity index (χ2v) is 5.13. The first-order chi connectivity index (χ1) is 8.00. The van der Waals surface area contributed by atoms with Gasteiger partial charge in [0.1, 0.15) is 5.75 Å². The molecular formula is C14H20O3. The normalized spacial score (nSPS) is 27.8. The Kier molecular flexibility index (Phi) is 3.40. The molecule has 0 amide bonds. The molecule has 17 heavy (non-hydrogen) atoms. The minimum absolute atomic E-state index is 0.137. The molecule has 1 fully saturated rings. The SMILES string of the molecule is COc1ccc([C@H]2O[C@H](C)CC(C)(C)O2)cc1. The molecule has 0 spiro atoms. The van der Waals surface area contributed by atoms with Crippen LogP contribution >= 0.6 is 0 Å². The summed E-state index contributed by atoms with van der Waals surface area (Å²) >= 11 is 0. The average Bonchev–Trinajstić information content (AvgIpc) is 2.26. The lowest BCUT2D eigenvalue weighted by Crippen LogP contribution is -2.38. The Bertz CT molecular complexity index is 370. The second kappa shape index (κ2) is 4.67. The molecular weight excluding hydrogens is 216 g/mol. The third kappa shape index (κ3) is 2.99. The Morgan fingerprint density at radius 2 is 1.88 bits per heavy atom. The van der Waals surface area contributed by atoms with Gasteiger partial charge in [0.05, 0.1) is 18.8 Å². The molecule has 2 rings (SSSR count). The Morgan fingerprint density at radius 1 is 1.24 bits per heavy atom. The van der Waals surface area contributed by atoms with Crippen molar-refractivity contribution in [1.29, 1.82) is 0 Å². The standard InChI is InChI=1S/C14H20O3/c1-10-9-14(2,3)17-13(16-10)11-5-7-12(15-4)8-6-11/h5-8,10,13H,9H2,1-4H3/t10-,13+/m1/s1. The summed E-state index contributed by atoms with van der Waals surface area (Å²) in [5.74, 6) is 0.844. The minimum atomic E-state index is -0.278. The van der Waals surface area contributed by atoms with Crippen molar-refractivity contribution in [3.05, 3.63) is 29.8 Å². The number of methoxy groups -OCH3 is 1. The first-order valence-electron chi connectivity index (χ1n) is 5.97. The van der Waals surface area contributed by atoms with Gasteiger partial charge in [-0.3, -0.25) is 0 Å². The molecule has 1 saturated heterocycles. The predicted octanol–water partition coefficient (Wildman–Crippen LogP) is 3.30. The van der Waals surface area contributed by atoms with Crippen LogP contribution in [0.1, 0.15) is 39.0 Å². The summed E-state index contributed by atoms with van der Waals surface area (Å²) in [5.41, 5.74) is 0.896. The molecule has 1 aliphatic heterocycles. The van der Waals surface area contributed by atoms with E-state index in [1.54, 1.807) is 7.11 Å². The summed E-state index contributed by atoms with van der Waals surface area (Å²) in [7, 11) is 1.66. The van der Waals surface area contributed by atoms with Crippen LogP contribution in [-0.4, -0.2) is 18.8 Å². The highest BCUT2D eigenvalue weighted by atomic mass is 16.7. The van der Waals surface area contributed by atoms with E-state index in [-0.39, 0.29) is 18.0 Å². The Balaban J connectivity index is 2.15. The van der Waals surface area contributed by atoms with Gasteiger partial charge in [-0.2, -0.15) is 0 Å². The van der Waals surface area contributed by atoms with Crippen molar-refractivity contribution in [2.45, 2.75) is 45.2 Å². The van der Waals surface area contributed by atoms with Gasteiger partial charge in [0, 0.05) is 12.0 Å². The highest BCUT2D eigenvalue weighted by Crippen LogP contribution is 2.35. The molecule has 3 nitrogen and oxygen atoms in total. The van der Waals surface area contributed by atoms with E-state index in [1.165, 1.54) is 0 Å². The van der Waals surface area contributed by atoms with Crippen molar-refractivity contribution in [1.82, 2.24) is 0 Å². The van der Waals surface area contributed by atoms with Crippen molar-refractivity contribution in [3.8, 4) is 5.75 Å². The van der Waals surface area contributed by atoms with Crippen LogP contribution in [0.2, 0.25) is 0 Å². The van der Waals surface area contributed by atoms with E-state index in [4.69, 9.17) is 14.2 Å². The third-order valence-corrected chi connectivity index (χ3v) is 2.95. The summed E-state index contributed by atoms with van der Waals surface area (Å²) in [6, 6.07) is 7.82. The fourth-order valence-electron chi connectivity index (χ4n) is 2.22. The number of benzene rings is 1. The van der Waals surface area contributed by atoms with E-state index in [9.17, 15) is 0 Å². The van der Waals surface area contributed by atoms with Crippen LogP contribution in [-0.2, 0) is 9.47 Å². The van der Waals surface area contributed by atoms with Crippen LogP contribution in [0.5, 0.6) is 5.75 Å². The molecule has 94 valence electrons. The van der Waals surface area contributed by atoms with E-state index in [0.717, 1.165) is 17.7 Å². The molecule has 3 heteroatoms. The lowest BCUT2D eigenvalue weighted by atomic mass is 9.99. The maximum atomic E-state index is 5.94. The smallest absolute Gasteiger partial charge is 0.184 e. The average molecular weight is 236 g/mol. The van der Waals surface area contributed by atoms with E-state index < -0.39 is 0 Å². The second-order valence-electron chi connectivity index (χ2n) is 5.13. The molecule has 0 bridgehead atoms. The summed E-state index contributed by atoms with van der Waals surface area (Å²) in [6.07, 6.45) is 0.852. The van der Waals surface area contributed by atoms with Crippen molar-refractivity contribution >= 4 is 0 Å². The topological polar surface area (TPSA) is 27.7 Å². The summed E-state index contributed by atoms with van der Waals surface area (Å²) in [5, 5.41) is 0. The van der Waals surface area contributed by atoms with Gasteiger partial charge in [0.25, 0.3) is 0 Å². The Labute approximate surface area is 103 Å². The van der Waals surface area contributed by atoms with Gasteiger partial charge in [-0.25, -0.2) is 0 Å². The first kappa shape index (κ1) is 12.4. The molecule has 1 aliphatic rings. The monoisotopic (exact) mass is 236 g/mol. The third-order valence-electron chi connectivity index (χ3n) is 2.95. The molecule has 0 saturated carbocycles. The van der Waals surface area contributed by atoms with Crippen molar-refractivity contribution in [2.75, 3.05) is 7.11 Å². The quantitative estimate of drug-likeness (QED) is 0.788. The van der Waals surface area contributed by atoms with Crippen LogP contribution in [0, 0.1) is 0 Å². The van der Waals surface area contributed by atoms with Gasteiger partial charge in [-0.15, -0.1) is 0 Å². The first-order valence-corrected chi connectivity index (χ1v) is 5.97. The van der Waals surface area contributed by atoms with E-state index >= 15 is 0 Å². The van der Waals surface area contributed by atoms with Gasteiger partial charge in [0.2, 0.25) is 0 Å². The summed E-state index contributed by atoms with van der Waals surface area (Å²) < 4.78 is 16.9. The lowest BCUT2D eigenvalue weighted by molar-refractivity contribution is -0.273. The molecule has 1 aromatic rings. The zero-order valence-electron chi connectivity index (χ0n) is 10.9. The van der Waals surface area contributed by atoms with Crippen LogP contribution in [0.4, 0.5) is 0 Å². The van der Waals surface area contributed by atoms with Crippen LogP contribution in [0.3, 0.4) is 0 Å². The maximum Gasteiger partial charge on any atom is 0.184 e. The molecule has 0 radical (unpaired) electrons. The van der Waals surface area contributed by atoms with Crippen LogP contribution in [0.15, 0.2) is 24.3 Å². The molecule has 1 heterocycles. The fraction of sp³-hybridized carbons (Fsp3) is 0.571. The van der Waals surface area contributed by atoms with Crippen molar-refractivity contribution in [3.63, 3.8) is 0 Å². The Hall–Kier alpha value is -1.06. The van der Waals surface area contributed by atoms with Crippen molar-refractivity contribution in [2.24, 2.45) is 0 Å². The molecule has 0 aromatic heterocycles. The van der Waals surface area contributed by atoms with E-state index in [2.05, 4.69) is 20.8 Å². The zero-order chi connectivity index (χ0) is 12.5.